The molecule has 0 aromatic carbocycles. The number of aliphatic carboxylic acids is 1. The molecule has 21 heavy (non-hydrogen) atoms. The molecule has 1 heterocycles. The number of amides is 1. The first-order valence-electron chi connectivity index (χ1n) is 6.48. The Morgan fingerprint density at radius 1 is 1.48 bits per heavy atom. The highest BCUT2D eigenvalue weighted by atomic mass is 35.5. The fraction of sp³-hybridized carbons (Fsp3) is 0.692. The molecule has 0 aromatic heterocycles. The van der Waals surface area contributed by atoms with Crippen molar-refractivity contribution < 1.29 is 14.7 Å². The lowest BCUT2D eigenvalue weighted by atomic mass is 9.97. The van der Waals surface area contributed by atoms with Crippen molar-refractivity contribution in [3.8, 4) is 0 Å². The monoisotopic (exact) mass is 341 g/mol. The summed E-state index contributed by atoms with van der Waals surface area (Å²) in [4.78, 5) is 23.8. The predicted octanol–water partition coefficient (Wildman–Crippen LogP) is 0.863. The standard InChI is InChI=1S/C13H23N3O3.2ClH/c1-4-10-7-12(13(18)19)15-11(10)5-6-16(3)8-14-9(2)17;;/h4,10-12,15H,1,5-8H2,2-3H3,(H,14,17)(H,18,19);2*1H/t10-,11-,12-;;/m1../s1. The quantitative estimate of drug-likeness (QED) is 0.472. The number of carboxylic acids is 1. The van der Waals surface area contributed by atoms with E-state index in [4.69, 9.17) is 5.11 Å². The van der Waals surface area contributed by atoms with Crippen LogP contribution in [0.25, 0.3) is 0 Å². The molecular weight excluding hydrogens is 317 g/mol. The van der Waals surface area contributed by atoms with Crippen LogP contribution in [-0.2, 0) is 9.59 Å². The van der Waals surface area contributed by atoms with Gasteiger partial charge in [-0.15, -0.1) is 31.4 Å². The fourth-order valence-corrected chi connectivity index (χ4v) is 2.30. The van der Waals surface area contributed by atoms with Gasteiger partial charge in [-0.05, 0) is 25.8 Å². The maximum Gasteiger partial charge on any atom is 0.320 e. The van der Waals surface area contributed by atoms with Crippen LogP contribution >= 0.6 is 24.8 Å². The Morgan fingerprint density at radius 2 is 2.10 bits per heavy atom. The molecule has 0 aliphatic carbocycles. The van der Waals surface area contributed by atoms with E-state index in [1.165, 1.54) is 6.92 Å². The molecule has 0 unspecified atom stereocenters. The van der Waals surface area contributed by atoms with Crippen molar-refractivity contribution in [2.24, 2.45) is 5.92 Å². The summed E-state index contributed by atoms with van der Waals surface area (Å²) in [5, 5.41) is 14.9. The summed E-state index contributed by atoms with van der Waals surface area (Å²) in [5.74, 6) is -0.669. The summed E-state index contributed by atoms with van der Waals surface area (Å²) in [7, 11) is 1.92. The molecule has 1 fully saturated rings. The summed E-state index contributed by atoms with van der Waals surface area (Å²) >= 11 is 0. The van der Waals surface area contributed by atoms with Crippen LogP contribution in [0.1, 0.15) is 19.8 Å². The van der Waals surface area contributed by atoms with Gasteiger partial charge in [0.1, 0.15) is 6.04 Å². The highest BCUT2D eigenvalue weighted by molar-refractivity contribution is 5.85. The molecule has 0 radical (unpaired) electrons. The van der Waals surface area contributed by atoms with Gasteiger partial charge < -0.3 is 15.7 Å². The number of hydrogen-bond donors (Lipinski definition) is 3. The second-order valence-corrected chi connectivity index (χ2v) is 5.06. The zero-order valence-corrected chi connectivity index (χ0v) is 14.0. The zero-order chi connectivity index (χ0) is 14.4. The van der Waals surface area contributed by atoms with Gasteiger partial charge in [0, 0.05) is 19.5 Å². The minimum atomic E-state index is -0.805. The topological polar surface area (TPSA) is 81.7 Å². The van der Waals surface area contributed by atoms with Gasteiger partial charge in [-0.1, -0.05) is 6.08 Å². The van der Waals surface area contributed by atoms with Crippen molar-refractivity contribution in [1.82, 2.24) is 15.5 Å². The maximum atomic E-state index is 11.0. The number of nitrogens with one attached hydrogen (secondary N) is 2. The summed E-state index contributed by atoms with van der Waals surface area (Å²) in [5.41, 5.74) is 0. The van der Waals surface area contributed by atoms with E-state index in [2.05, 4.69) is 17.2 Å². The third kappa shape index (κ3) is 7.66. The number of nitrogens with zero attached hydrogens (tertiary/aromatic N) is 1. The van der Waals surface area contributed by atoms with E-state index in [0.29, 0.717) is 13.1 Å². The van der Waals surface area contributed by atoms with Crippen LogP contribution in [-0.4, -0.2) is 54.2 Å². The van der Waals surface area contributed by atoms with E-state index >= 15 is 0 Å². The van der Waals surface area contributed by atoms with Crippen molar-refractivity contribution in [2.75, 3.05) is 20.3 Å². The minimum Gasteiger partial charge on any atom is -0.480 e. The lowest BCUT2D eigenvalue weighted by molar-refractivity contribution is -0.139. The van der Waals surface area contributed by atoms with Gasteiger partial charge in [-0.2, -0.15) is 0 Å². The zero-order valence-electron chi connectivity index (χ0n) is 12.4. The average Bonchev–Trinajstić information content (AvgIpc) is 2.77. The van der Waals surface area contributed by atoms with Crippen LogP contribution in [0.4, 0.5) is 0 Å². The maximum absolute atomic E-state index is 11.0. The molecule has 1 rings (SSSR count). The van der Waals surface area contributed by atoms with E-state index in [-0.39, 0.29) is 42.7 Å². The summed E-state index contributed by atoms with van der Waals surface area (Å²) in [6.45, 7) is 6.54. The van der Waals surface area contributed by atoms with Gasteiger partial charge >= 0.3 is 5.97 Å². The van der Waals surface area contributed by atoms with Gasteiger partial charge in [0.05, 0.1) is 6.67 Å². The van der Waals surface area contributed by atoms with E-state index in [9.17, 15) is 9.59 Å². The van der Waals surface area contributed by atoms with Crippen LogP contribution in [0.15, 0.2) is 12.7 Å². The highest BCUT2D eigenvalue weighted by Gasteiger charge is 2.35. The molecular formula is C13H25Cl2N3O3. The van der Waals surface area contributed by atoms with Crippen molar-refractivity contribution in [3.05, 3.63) is 12.7 Å². The molecule has 1 aliphatic heterocycles. The number of halogens is 2. The summed E-state index contributed by atoms with van der Waals surface area (Å²) in [6, 6.07) is -0.341. The van der Waals surface area contributed by atoms with E-state index < -0.39 is 12.0 Å². The van der Waals surface area contributed by atoms with Gasteiger partial charge in [0.25, 0.3) is 0 Å². The minimum absolute atomic E-state index is 0. The smallest absolute Gasteiger partial charge is 0.320 e. The number of rotatable bonds is 7. The average molecular weight is 342 g/mol. The summed E-state index contributed by atoms with van der Waals surface area (Å²) in [6.07, 6.45) is 3.25. The van der Waals surface area contributed by atoms with Crippen LogP contribution in [0.5, 0.6) is 0 Å². The third-order valence-electron chi connectivity index (χ3n) is 3.46. The third-order valence-corrected chi connectivity index (χ3v) is 3.46. The molecule has 3 N–H and O–H groups in total. The number of carbonyl (C=O) groups is 2. The molecule has 1 saturated heterocycles. The molecule has 0 bridgehead atoms. The van der Waals surface area contributed by atoms with Crippen molar-refractivity contribution in [3.63, 3.8) is 0 Å². The number of carbonyl (C=O) groups excluding carboxylic acids is 1. The normalized spacial score (nSPS) is 23.9. The molecule has 3 atom stereocenters. The van der Waals surface area contributed by atoms with Gasteiger partial charge in [0.15, 0.2) is 0 Å². The Labute approximate surface area is 138 Å². The van der Waals surface area contributed by atoms with Crippen LogP contribution in [0.2, 0.25) is 0 Å². The lowest BCUT2D eigenvalue weighted by Gasteiger charge is -2.21. The van der Waals surface area contributed by atoms with Gasteiger partial charge in [0.2, 0.25) is 5.91 Å². The SMILES string of the molecule is C=C[C@@H]1C[C@H](C(=O)O)N[C@@H]1CCN(C)CNC(C)=O.Cl.Cl. The Kier molecular flexibility index (Phi) is 11.6. The number of carboxylic acid groups (broad SMARTS) is 1. The second kappa shape index (κ2) is 10.8. The molecule has 0 aromatic rings. The summed E-state index contributed by atoms with van der Waals surface area (Å²) < 4.78 is 0. The van der Waals surface area contributed by atoms with Crippen molar-refractivity contribution >= 4 is 36.7 Å². The first-order chi connectivity index (χ1) is 8.93. The highest BCUT2D eigenvalue weighted by Crippen LogP contribution is 2.24. The van der Waals surface area contributed by atoms with E-state index in [1.807, 2.05) is 18.0 Å². The van der Waals surface area contributed by atoms with E-state index in [0.717, 1.165) is 13.0 Å². The number of hydrogen-bond acceptors (Lipinski definition) is 4. The fourth-order valence-electron chi connectivity index (χ4n) is 2.30. The Morgan fingerprint density at radius 3 is 2.57 bits per heavy atom. The van der Waals surface area contributed by atoms with Crippen molar-refractivity contribution in [2.45, 2.75) is 31.8 Å². The lowest BCUT2D eigenvalue weighted by Crippen LogP contribution is -2.40. The first kappa shape index (κ1) is 22.5. The van der Waals surface area contributed by atoms with Crippen LogP contribution < -0.4 is 10.6 Å². The van der Waals surface area contributed by atoms with Crippen LogP contribution in [0, 0.1) is 5.92 Å². The van der Waals surface area contributed by atoms with Gasteiger partial charge in [-0.3, -0.25) is 14.5 Å². The second-order valence-electron chi connectivity index (χ2n) is 5.06. The molecule has 1 aliphatic rings. The molecule has 8 heteroatoms. The Hall–Kier alpha value is -0.820. The Bertz CT molecular complexity index is 356. The van der Waals surface area contributed by atoms with Crippen LogP contribution in [0.3, 0.4) is 0 Å². The molecule has 0 spiro atoms. The largest absolute Gasteiger partial charge is 0.480 e. The Balaban J connectivity index is 0. The molecule has 124 valence electrons. The first-order valence-corrected chi connectivity index (χ1v) is 6.48. The molecule has 1 amide bonds. The molecule has 0 saturated carbocycles. The van der Waals surface area contributed by atoms with E-state index in [1.54, 1.807) is 0 Å². The van der Waals surface area contributed by atoms with Crippen molar-refractivity contribution in [1.29, 1.82) is 0 Å². The molecule has 6 nitrogen and oxygen atoms in total. The van der Waals surface area contributed by atoms with Gasteiger partial charge in [-0.25, -0.2) is 0 Å². The predicted molar refractivity (Wildman–Crippen MR) is 87.1 cm³/mol.